The van der Waals surface area contributed by atoms with Gasteiger partial charge < -0.3 is 10.2 Å². The Labute approximate surface area is 122 Å². The molecule has 0 spiro atoms. The molecule has 0 aromatic heterocycles. The highest BCUT2D eigenvalue weighted by atomic mass is 15.1. The van der Waals surface area contributed by atoms with Crippen molar-refractivity contribution in [1.29, 1.82) is 0 Å². The van der Waals surface area contributed by atoms with E-state index in [2.05, 4.69) is 87.5 Å². The fourth-order valence-electron chi connectivity index (χ4n) is 2.37. The molecular formula is C18H24N2. The summed E-state index contributed by atoms with van der Waals surface area (Å²) < 4.78 is 0. The first kappa shape index (κ1) is 14.4. The van der Waals surface area contributed by atoms with E-state index >= 15 is 0 Å². The zero-order chi connectivity index (χ0) is 14.7. The number of nitrogens with zero attached hydrogens (tertiary/aromatic N) is 1. The molecule has 0 aliphatic carbocycles. The lowest BCUT2D eigenvalue weighted by atomic mass is 10.1. The smallest absolute Gasteiger partial charge is 0.0485 e. The highest BCUT2D eigenvalue weighted by Gasteiger charge is 2.07. The Morgan fingerprint density at radius 2 is 1.60 bits per heavy atom. The van der Waals surface area contributed by atoms with Crippen molar-refractivity contribution < 1.29 is 0 Å². The summed E-state index contributed by atoms with van der Waals surface area (Å²) in [7, 11) is 4.16. The number of aryl methyl sites for hydroxylation is 2. The van der Waals surface area contributed by atoms with Crippen LogP contribution in [0.25, 0.3) is 0 Å². The molecule has 1 unspecified atom stereocenters. The summed E-state index contributed by atoms with van der Waals surface area (Å²) >= 11 is 0. The molecule has 2 nitrogen and oxygen atoms in total. The second-order valence-electron chi connectivity index (χ2n) is 5.67. The van der Waals surface area contributed by atoms with Gasteiger partial charge in [-0.15, -0.1) is 0 Å². The van der Waals surface area contributed by atoms with E-state index < -0.39 is 0 Å². The Hall–Kier alpha value is -1.96. The molecule has 1 N–H and O–H groups in total. The maximum Gasteiger partial charge on any atom is 0.0485 e. The van der Waals surface area contributed by atoms with Gasteiger partial charge >= 0.3 is 0 Å². The van der Waals surface area contributed by atoms with E-state index in [1.54, 1.807) is 0 Å². The molecule has 1 atom stereocenters. The third-order valence-electron chi connectivity index (χ3n) is 3.65. The lowest BCUT2D eigenvalue weighted by molar-refractivity contribution is 0.883. The summed E-state index contributed by atoms with van der Waals surface area (Å²) in [5.74, 6) is 0. The average molecular weight is 268 g/mol. The number of nitrogens with one attached hydrogen (secondary N) is 1. The van der Waals surface area contributed by atoms with E-state index in [-0.39, 0.29) is 0 Å². The van der Waals surface area contributed by atoms with Crippen LogP contribution < -0.4 is 10.2 Å². The van der Waals surface area contributed by atoms with Crippen molar-refractivity contribution in [3.63, 3.8) is 0 Å². The van der Waals surface area contributed by atoms with E-state index in [0.717, 1.165) is 5.69 Å². The fraction of sp³-hybridized carbons (Fsp3) is 0.333. The van der Waals surface area contributed by atoms with E-state index in [4.69, 9.17) is 0 Å². The highest BCUT2D eigenvalue weighted by molar-refractivity contribution is 5.62. The van der Waals surface area contributed by atoms with Crippen LogP contribution >= 0.6 is 0 Å². The quantitative estimate of drug-likeness (QED) is 0.875. The van der Waals surface area contributed by atoms with Gasteiger partial charge in [0.15, 0.2) is 0 Å². The molecule has 0 radical (unpaired) electrons. The van der Waals surface area contributed by atoms with Crippen LogP contribution in [0.15, 0.2) is 42.5 Å². The molecule has 20 heavy (non-hydrogen) atoms. The molecule has 0 heterocycles. The standard InChI is InChI=1S/C18H24N2/c1-13-6-9-16(10-7-13)15(3)19-17-11-8-14(2)18(12-17)20(4)5/h6-12,15,19H,1-5H3. The van der Waals surface area contributed by atoms with Crippen molar-refractivity contribution in [2.75, 3.05) is 24.3 Å². The van der Waals surface area contributed by atoms with Gasteiger partial charge in [-0.3, -0.25) is 0 Å². The van der Waals surface area contributed by atoms with Crippen molar-refractivity contribution in [1.82, 2.24) is 0 Å². The van der Waals surface area contributed by atoms with Gasteiger partial charge in [-0.1, -0.05) is 35.9 Å². The maximum absolute atomic E-state index is 3.57. The van der Waals surface area contributed by atoms with E-state index in [0.29, 0.717) is 6.04 Å². The monoisotopic (exact) mass is 268 g/mol. The van der Waals surface area contributed by atoms with Crippen LogP contribution in [0, 0.1) is 13.8 Å². The molecule has 0 aliphatic rings. The summed E-state index contributed by atoms with van der Waals surface area (Å²) in [6, 6.07) is 15.5. The summed E-state index contributed by atoms with van der Waals surface area (Å²) in [4.78, 5) is 2.15. The Bertz CT molecular complexity index is 570. The normalized spacial score (nSPS) is 12.1. The van der Waals surface area contributed by atoms with Crippen molar-refractivity contribution >= 4 is 11.4 Å². The summed E-state index contributed by atoms with van der Waals surface area (Å²) in [6.07, 6.45) is 0. The van der Waals surface area contributed by atoms with Gasteiger partial charge in [-0.2, -0.15) is 0 Å². The van der Waals surface area contributed by atoms with Crippen LogP contribution in [-0.4, -0.2) is 14.1 Å². The largest absolute Gasteiger partial charge is 0.378 e. The predicted octanol–water partition coefficient (Wildman–Crippen LogP) is 4.54. The number of anilines is 2. The van der Waals surface area contributed by atoms with Gasteiger partial charge in [-0.25, -0.2) is 0 Å². The van der Waals surface area contributed by atoms with Crippen LogP contribution in [0.3, 0.4) is 0 Å². The first-order chi connectivity index (χ1) is 9.47. The minimum atomic E-state index is 0.299. The fourth-order valence-corrected chi connectivity index (χ4v) is 2.37. The minimum Gasteiger partial charge on any atom is -0.378 e. The molecule has 0 amide bonds. The minimum absolute atomic E-state index is 0.299. The molecule has 2 aromatic carbocycles. The Morgan fingerprint density at radius 3 is 2.20 bits per heavy atom. The van der Waals surface area contributed by atoms with Crippen LogP contribution in [0.5, 0.6) is 0 Å². The second-order valence-corrected chi connectivity index (χ2v) is 5.67. The second kappa shape index (κ2) is 6.00. The lowest BCUT2D eigenvalue weighted by Gasteiger charge is -2.20. The maximum atomic E-state index is 3.57. The van der Waals surface area contributed by atoms with Gasteiger partial charge in [0.05, 0.1) is 0 Å². The zero-order valence-corrected chi connectivity index (χ0v) is 13.1. The first-order valence-corrected chi connectivity index (χ1v) is 7.08. The summed E-state index contributed by atoms with van der Waals surface area (Å²) in [6.45, 7) is 6.45. The number of hydrogen-bond acceptors (Lipinski definition) is 2. The molecule has 0 bridgehead atoms. The molecule has 0 saturated carbocycles. The Balaban J connectivity index is 2.17. The number of benzene rings is 2. The van der Waals surface area contributed by atoms with Gasteiger partial charge in [0, 0.05) is 31.5 Å². The zero-order valence-electron chi connectivity index (χ0n) is 13.1. The van der Waals surface area contributed by atoms with Crippen molar-refractivity contribution in [2.45, 2.75) is 26.8 Å². The molecule has 106 valence electrons. The molecule has 2 heteroatoms. The van der Waals surface area contributed by atoms with Crippen LogP contribution in [0.4, 0.5) is 11.4 Å². The average Bonchev–Trinajstić information content (AvgIpc) is 2.41. The lowest BCUT2D eigenvalue weighted by Crippen LogP contribution is -2.12. The molecule has 2 rings (SSSR count). The molecule has 0 fully saturated rings. The predicted molar refractivity (Wildman–Crippen MR) is 88.7 cm³/mol. The molecule has 2 aromatic rings. The topological polar surface area (TPSA) is 15.3 Å². The highest BCUT2D eigenvalue weighted by Crippen LogP contribution is 2.25. The SMILES string of the molecule is Cc1ccc(C(C)Nc2ccc(C)c(N(C)C)c2)cc1. The van der Waals surface area contributed by atoms with Crippen LogP contribution in [0.1, 0.15) is 29.7 Å². The van der Waals surface area contributed by atoms with Crippen molar-refractivity contribution in [3.05, 3.63) is 59.2 Å². The third kappa shape index (κ3) is 3.32. The van der Waals surface area contributed by atoms with E-state index in [1.807, 2.05) is 0 Å². The van der Waals surface area contributed by atoms with Crippen LogP contribution in [-0.2, 0) is 0 Å². The molecular weight excluding hydrogens is 244 g/mol. The van der Waals surface area contributed by atoms with Gasteiger partial charge in [0.25, 0.3) is 0 Å². The van der Waals surface area contributed by atoms with E-state index in [1.165, 1.54) is 22.4 Å². The molecule has 0 aliphatic heterocycles. The van der Waals surface area contributed by atoms with Gasteiger partial charge in [0.1, 0.15) is 0 Å². The van der Waals surface area contributed by atoms with Crippen LogP contribution in [0.2, 0.25) is 0 Å². The first-order valence-electron chi connectivity index (χ1n) is 7.08. The van der Waals surface area contributed by atoms with Gasteiger partial charge in [0.2, 0.25) is 0 Å². The van der Waals surface area contributed by atoms with E-state index in [9.17, 15) is 0 Å². The number of hydrogen-bond donors (Lipinski definition) is 1. The van der Waals surface area contributed by atoms with Crippen molar-refractivity contribution in [3.8, 4) is 0 Å². The summed E-state index contributed by atoms with van der Waals surface area (Å²) in [5.41, 5.74) is 6.32. The Morgan fingerprint density at radius 1 is 0.950 bits per heavy atom. The molecule has 0 saturated heterocycles. The van der Waals surface area contributed by atoms with Gasteiger partial charge in [-0.05, 0) is 44.0 Å². The third-order valence-corrected chi connectivity index (χ3v) is 3.65. The van der Waals surface area contributed by atoms with Crippen molar-refractivity contribution in [2.24, 2.45) is 0 Å². The number of rotatable bonds is 4. The summed E-state index contributed by atoms with van der Waals surface area (Å²) in [5, 5.41) is 3.57. The Kier molecular flexibility index (Phi) is 4.33.